The van der Waals surface area contributed by atoms with Gasteiger partial charge in [0.05, 0.1) is 0 Å². The zero-order valence-corrected chi connectivity index (χ0v) is 19.1. The average Bonchev–Trinajstić information content (AvgIpc) is 2.95. The molecule has 0 aromatic heterocycles. The van der Waals surface area contributed by atoms with E-state index in [4.69, 9.17) is 10.5 Å². The molecule has 1 aromatic rings. The highest BCUT2D eigenvalue weighted by Crippen LogP contribution is 2.39. The van der Waals surface area contributed by atoms with E-state index in [0.29, 0.717) is 20.7 Å². The fourth-order valence-electron chi connectivity index (χ4n) is 3.88. The number of nitrogens with zero attached hydrogens (tertiary/aromatic N) is 2. The Hall–Kier alpha value is -2.44. The van der Waals surface area contributed by atoms with Crippen molar-refractivity contribution in [3.8, 4) is 5.75 Å². The monoisotopic (exact) mass is 472 g/mol. The van der Waals surface area contributed by atoms with Gasteiger partial charge in [0, 0.05) is 6.54 Å². The molecule has 2 aliphatic rings. The Bertz CT molecular complexity index is 973. The van der Waals surface area contributed by atoms with Crippen molar-refractivity contribution in [3.05, 3.63) is 23.5 Å². The van der Waals surface area contributed by atoms with Crippen molar-refractivity contribution in [2.45, 2.75) is 51.8 Å². The number of esters is 1. The van der Waals surface area contributed by atoms with Crippen LogP contribution in [0.15, 0.2) is 12.1 Å². The van der Waals surface area contributed by atoms with Crippen molar-refractivity contribution in [3.63, 3.8) is 0 Å². The van der Waals surface area contributed by atoms with E-state index >= 15 is 4.39 Å². The third-order valence-corrected chi connectivity index (χ3v) is 7.61. The lowest BCUT2D eigenvalue weighted by Gasteiger charge is -2.27. The standard InChI is InChI=1S/C20H29FN4O6S/c1-11(2)18(22)20(28)31-12(3)25-17(27)10-24(32(25,29)30)19-15(21)7-14(8-16(19)26)13-5-4-6-23-9-13/h7-8,11-13,18,23,26H,4-6,9-10,22H2,1-3H3. The Morgan fingerprint density at radius 1 is 1.34 bits per heavy atom. The van der Waals surface area contributed by atoms with Crippen LogP contribution in [0.2, 0.25) is 0 Å². The van der Waals surface area contributed by atoms with Crippen molar-refractivity contribution in [1.82, 2.24) is 9.62 Å². The van der Waals surface area contributed by atoms with E-state index < -0.39 is 58.2 Å². The van der Waals surface area contributed by atoms with Crippen LogP contribution in [0, 0.1) is 11.7 Å². The third-order valence-electron chi connectivity index (χ3n) is 5.74. The largest absolute Gasteiger partial charge is 0.506 e. The molecule has 3 atom stereocenters. The van der Waals surface area contributed by atoms with Crippen LogP contribution in [0.3, 0.4) is 0 Å². The molecular weight excluding hydrogens is 443 g/mol. The summed E-state index contributed by atoms with van der Waals surface area (Å²) in [7, 11) is -4.62. The van der Waals surface area contributed by atoms with Gasteiger partial charge in [-0.3, -0.25) is 9.59 Å². The minimum absolute atomic E-state index is 0.0175. The van der Waals surface area contributed by atoms with E-state index in [1.165, 1.54) is 19.1 Å². The molecule has 12 heteroatoms. The number of aromatic hydroxyl groups is 1. The average molecular weight is 473 g/mol. The van der Waals surface area contributed by atoms with Gasteiger partial charge in [-0.15, -0.1) is 0 Å². The molecule has 2 saturated heterocycles. The van der Waals surface area contributed by atoms with E-state index in [-0.39, 0.29) is 11.8 Å². The maximum Gasteiger partial charge on any atom is 0.332 e. The number of halogens is 1. The van der Waals surface area contributed by atoms with Crippen LogP contribution in [0.1, 0.15) is 45.1 Å². The van der Waals surface area contributed by atoms with Gasteiger partial charge in [-0.2, -0.15) is 12.7 Å². The molecule has 0 radical (unpaired) electrons. The molecule has 0 saturated carbocycles. The molecule has 10 nitrogen and oxygen atoms in total. The Morgan fingerprint density at radius 2 is 2.03 bits per heavy atom. The maximum absolute atomic E-state index is 15.0. The third kappa shape index (κ3) is 4.52. The van der Waals surface area contributed by atoms with E-state index in [9.17, 15) is 23.1 Å². The van der Waals surface area contributed by atoms with Crippen molar-refractivity contribution in [2.75, 3.05) is 23.9 Å². The van der Waals surface area contributed by atoms with Gasteiger partial charge in [0.25, 0.3) is 5.91 Å². The minimum atomic E-state index is -4.62. The number of phenols is 1. The van der Waals surface area contributed by atoms with Crippen LogP contribution in [0.4, 0.5) is 10.1 Å². The zero-order chi connectivity index (χ0) is 23.8. The Morgan fingerprint density at radius 3 is 2.59 bits per heavy atom. The fourth-order valence-corrected chi connectivity index (χ4v) is 5.51. The highest BCUT2D eigenvalue weighted by atomic mass is 32.2. The molecule has 178 valence electrons. The summed E-state index contributed by atoms with van der Waals surface area (Å²) >= 11 is 0. The van der Waals surface area contributed by atoms with Gasteiger partial charge >= 0.3 is 16.2 Å². The van der Waals surface area contributed by atoms with Gasteiger partial charge in [0.2, 0.25) is 0 Å². The summed E-state index contributed by atoms with van der Waals surface area (Å²) in [5.41, 5.74) is 5.64. The highest BCUT2D eigenvalue weighted by Gasteiger charge is 2.48. The van der Waals surface area contributed by atoms with E-state index in [0.717, 1.165) is 19.4 Å². The number of ether oxygens (including phenoxy) is 1. The zero-order valence-electron chi connectivity index (χ0n) is 18.2. The van der Waals surface area contributed by atoms with Gasteiger partial charge < -0.3 is 20.9 Å². The topological polar surface area (TPSA) is 142 Å². The Balaban J connectivity index is 1.87. The summed E-state index contributed by atoms with van der Waals surface area (Å²) in [6.45, 7) is 5.32. The number of benzene rings is 1. The lowest BCUT2D eigenvalue weighted by atomic mass is 9.91. The molecule has 2 aliphatic heterocycles. The van der Waals surface area contributed by atoms with Crippen molar-refractivity contribution < 1.29 is 32.2 Å². The molecule has 1 aromatic carbocycles. The van der Waals surface area contributed by atoms with Crippen LogP contribution in [-0.4, -0.2) is 61.6 Å². The van der Waals surface area contributed by atoms with Gasteiger partial charge in [-0.25, -0.2) is 8.70 Å². The number of piperidine rings is 1. The SMILES string of the molecule is CC(C)C(N)C(=O)OC(C)N1C(=O)CN(c2c(O)cc(C3CCCNC3)cc2F)S1(=O)=O. The van der Waals surface area contributed by atoms with Crippen molar-refractivity contribution in [1.29, 1.82) is 0 Å². The minimum Gasteiger partial charge on any atom is -0.506 e. The number of hydrogen-bond donors (Lipinski definition) is 3. The predicted molar refractivity (Wildman–Crippen MR) is 114 cm³/mol. The van der Waals surface area contributed by atoms with Gasteiger partial charge in [-0.1, -0.05) is 13.8 Å². The number of rotatable bonds is 6. The normalized spacial score (nSPS) is 22.8. The maximum atomic E-state index is 15.0. The second-order valence-corrected chi connectivity index (χ2v) is 10.2. The number of amides is 1. The molecule has 3 rings (SSSR count). The number of hydrogen-bond acceptors (Lipinski definition) is 8. The Kier molecular flexibility index (Phi) is 6.96. The van der Waals surface area contributed by atoms with E-state index in [1.54, 1.807) is 13.8 Å². The van der Waals surface area contributed by atoms with Crippen molar-refractivity contribution >= 4 is 27.8 Å². The first-order chi connectivity index (χ1) is 14.9. The lowest BCUT2D eigenvalue weighted by molar-refractivity contribution is -0.158. The van der Waals surface area contributed by atoms with E-state index in [1.807, 2.05) is 0 Å². The molecule has 4 N–H and O–H groups in total. The second-order valence-electron chi connectivity index (χ2n) is 8.42. The summed E-state index contributed by atoms with van der Waals surface area (Å²) in [4.78, 5) is 24.6. The summed E-state index contributed by atoms with van der Waals surface area (Å²) in [5, 5.41) is 13.7. The molecule has 3 unspecified atom stereocenters. The van der Waals surface area contributed by atoms with Crippen LogP contribution in [-0.2, 0) is 24.5 Å². The number of anilines is 1. The van der Waals surface area contributed by atoms with Crippen LogP contribution >= 0.6 is 0 Å². The number of nitrogens with one attached hydrogen (secondary N) is 1. The summed E-state index contributed by atoms with van der Waals surface area (Å²) < 4.78 is 47.0. The molecule has 1 amide bonds. The van der Waals surface area contributed by atoms with Gasteiger partial charge in [-0.05, 0) is 55.8 Å². The molecular formula is C20H29FN4O6S. The van der Waals surface area contributed by atoms with Crippen LogP contribution in [0.25, 0.3) is 0 Å². The van der Waals surface area contributed by atoms with Crippen LogP contribution in [0.5, 0.6) is 5.75 Å². The number of carbonyl (C=O) groups excluding carboxylic acids is 2. The first kappa shape index (κ1) is 24.2. The molecule has 2 heterocycles. The fraction of sp³-hybridized carbons (Fsp3) is 0.600. The molecule has 0 aliphatic carbocycles. The molecule has 0 spiro atoms. The first-order valence-electron chi connectivity index (χ1n) is 10.5. The predicted octanol–water partition coefficient (Wildman–Crippen LogP) is 0.764. The lowest BCUT2D eigenvalue weighted by Crippen LogP contribution is -2.46. The highest BCUT2D eigenvalue weighted by molar-refractivity contribution is 7.91. The number of carbonyl (C=O) groups is 2. The number of nitrogens with two attached hydrogens (primary N) is 1. The first-order valence-corrected chi connectivity index (χ1v) is 11.9. The number of phenolic OH excluding ortho intramolecular Hbond substituents is 1. The van der Waals surface area contributed by atoms with Gasteiger partial charge in [0.1, 0.15) is 24.0 Å². The molecule has 32 heavy (non-hydrogen) atoms. The second kappa shape index (κ2) is 9.20. The summed E-state index contributed by atoms with van der Waals surface area (Å²) in [5.74, 6) is -3.63. The molecule has 2 fully saturated rings. The summed E-state index contributed by atoms with van der Waals surface area (Å²) in [6.07, 6.45) is 0.212. The summed E-state index contributed by atoms with van der Waals surface area (Å²) in [6, 6.07) is 1.50. The van der Waals surface area contributed by atoms with Crippen LogP contribution < -0.4 is 15.4 Å². The molecule has 0 bridgehead atoms. The Labute approximate surface area is 186 Å². The van der Waals surface area contributed by atoms with Gasteiger partial charge in [0.15, 0.2) is 12.0 Å². The van der Waals surface area contributed by atoms with Crippen molar-refractivity contribution in [2.24, 2.45) is 11.7 Å². The quantitative estimate of drug-likeness (QED) is 0.515. The van der Waals surface area contributed by atoms with E-state index in [2.05, 4.69) is 5.32 Å². The smallest absolute Gasteiger partial charge is 0.332 e.